The fourth-order valence-electron chi connectivity index (χ4n) is 2.02. The van der Waals surface area contributed by atoms with E-state index >= 15 is 0 Å². The van der Waals surface area contributed by atoms with Crippen molar-refractivity contribution < 1.29 is 27.1 Å². The number of amides is 1. The lowest BCUT2D eigenvalue weighted by molar-refractivity contribution is -0.141. The smallest absolute Gasteiger partial charge is 0.435 e. The van der Waals surface area contributed by atoms with Gasteiger partial charge in [0.2, 0.25) is 0 Å². The van der Waals surface area contributed by atoms with Gasteiger partial charge in [0.15, 0.2) is 17.3 Å². The summed E-state index contributed by atoms with van der Waals surface area (Å²) < 4.78 is 58.2. The first-order valence-electron chi connectivity index (χ1n) is 6.93. The van der Waals surface area contributed by atoms with E-state index < -0.39 is 29.2 Å². The first-order valence-corrected chi connectivity index (χ1v) is 6.93. The summed E-state index contributed by atoms with van der Waals surface area (Å²) in [6.45, 7) is -0.0792. The van der Waals surface area contributed by atoms with Crippen molar-refractivity contribution in [2.24, 2.45) is 7.05 Å². The van der Waals surface area contributed by atoms with Gasteiger partial charge in [0.1, 0.15) is 6.61 Å². The second-order valence-electron chi connectivity index (χ2n) is 5.07. The topological polar surface area (TPSA) is 47.4 Å². The molecule has 1 aromatic carbocycles. The summed E-state index contributed by atoms with van der Waals surface area (Å²) in [5, 5.41) is 3.29. The Kier molecular flexibility index (Phi) is 5.10. The molecule has 0 spiro atoms. The zero-order chi connectivity index (χ0) is 17.9. The van der Waals surface area contributed by atoms with Gasteiger partial charge in [0, 0.05) is 20.3 Å². The molecule has 0 aliphatic carbocycles. The number of carbonyl (C=O) groups is 1. The molecule has 0 aliphatic rings. The second kappa shape index (κ2) is 6.90. The Morgan fingerprint density at radius 3 is 2.62 bits per heavy atom. The summed E-state index contributed by atoms with van der Waals surface area (Å²) in [7, 11) is 2.63. The van der Waals surface area contributed by atoms with Crippen molar-refractivity contribution in [3.63, 3.8) is 0 Å². The molecule has 0 atom stereocenters. The second-order valence-corrected chi connectivity index (χ2v) is 5.07. The Bertz CT molecular complexity index is 728. The van der Waals surface area contributed by atoms with Crippen LogP contribution in [0.1, 0.15) is 16.1 Å². The maximum absolute atomic E-state index is 13.4. The van der Waals surface area contributed by atoms with E-state index in [1.165, 1.54) is 32.3 Å². The molecule has 0 saturated carbocycles. The van der Waals surface area contributed by atoms with Crippen LogP contribution in [0.4, 0.5) is 17.6 Å². The zero-order valence-corrected chi connectivity index (χ0v) is 13.0. The molecule has 24 heavy (non-hydrogen) atoms. The lowest BCUT2D eigenvalue weighted by Gasteiger charge is -2.18. The Labute approximate surface area is 135 Å². The molecule has 1 heterocycles. The predicted molar refractivity (Wildman–Crippen MR) is 77.1 cm³/mol. The van der Waals surface area contributed by atoms with Crippen LogP contribution < -0.4 is 4.74 Å². The van der Waals surface area contributed by atoms with Gasteiger partial charge in [0.25, 0.3) is 5.91 Å². The third-order valence-corrected chi connectivity index (χ3v) is 3.20. The van der Waals surface area contributed by atoms with E-state index in [9.17, 15) is 22.4 Å². The van der Waals surface area contributed by atoms with Gasteiger partial charge in [-0.15, -0.1) is 0 Å². The number of benzene rings is 1. The number of hydrogen-bond acceptors (Lipinski definition) is 3. The third kappa shape index (κ3) is 4.03. The number of nitrogens with zero attached hydrogens (tertiary/aromatic N) is 3. The highest BCUT2D eigenvalue weighted by Gasteiger charge is 2.39. The zero-order valence-electron chi connectivity index (χ0n) is 13.0. The average molecular weight is 345 g/mol. The van der Waals surface area contributed by atoms with Crippen molar-refractivity contribution in [3.05, 3.63) is 47.5 Å². The first-order chi connectivity index (χ1) is 11.2. The van der Waals surface area contributed by atoms with Crippen LogP contribution in [0.25, 0.3) is 0 Å². The fourth-order valence-corrected chi connectivity index (χ4v) is 2.02. The van der Waals surface area contributed by atoms with Crippen LogP contribution in [-0.2, 0) is 13.2 Å². The van der Waals surface area contributed by atoms with Gasteiger partial charge < -0.3 is 9.64 Å². The van der Waals surface area contributed by atoms with Crippen molar-refractivity contribution in [1.29, 1.82) is 0 Å². The number of carbonyl (C=O) groups excluding carboxylic acids is 1. The number of halogens is 4. The summed E-state index contributed by atoms with van der Waals surface area (Å²) in [5.74, 6) is -1.39. The predicted octanol–water partition coefficient (Wildman–Crippen LogP) is 2.73. The third-order valence-electron chi connectivity index (χ3n) is 3.20. The first kappa shape index (κ1) is 17.8. The molecule has 2 rings (SSSR count). The molecule has 0 fully saturated rings. The fraction of sp³-hybridized carbons (Fsp3) is 0.333. The van der Waals surface area contributed by atoms with Gasteiger partial charge in [0.05, 0.1) is 12.1 Å². The van der Waals surface area contributed by atoms with Crippen LogP contribution in [0.15, 0.2) is 30.5 Å². The number of para-hydroxylation sites is 1. The van der Waals surface area contributed by atoms with Crippen molar-refractivity contribution in [2.75, 3.05) is 20.2 Å². The minimum absolute atomic E-state index is 0.00991. The summed E-state index contributed by atoms with van der Waals surface area (Å²) in [5.41, 5.74) is -1.78. The van der Waals surface area contributed by atoms with Gasteiger partial charge in [-0.3, -0.25) is 9.48 Å². The molecule has 0 unspecified atom stereocenters. The summed E-state index contributed by atoms with van der Waals surface area (Å²) >= 11 is 0. The Hall–Kier alpha value is -2.58. The number of rotatable bonds is 5. The van der Waals surface area contributed by atoms with Crippen LogP contribution in [0.2, 0.25) is 0 Å². The molecule has 2 aromatic rings. The molecular weight excluding hydrogens is 330 g/mol. The number of likely N-dealkylation sites (N-methyl/N-ethyl adjacent to an activating group) is 1. The summed E-state index contributed by atoms with van der Waals surface area (Å²) in [6.07, 6.45) is -3.71. The molecule has 9 heteroatoms. The van der Waals surface area contributed by atoms with Crippen LogP contribution in [0.3, 0.4) is 0 Å². The highest BCUT2D eigenvalue weighted by molar-refractivity contribution is 5.95. The number of alkyl halides is 3. The molecule has 1 aromatic heterocycles. The molecule has 0 bridgehead atoms. The van der Waals surface area contributed by atoms with Gasteiger partial charge >= 0.3 is 6.18 Å². The van der Waals surface area contributed by atoms with Gasteiger partial charge in [-0.05, 0) is 12.1 Å². The highest BCUT2D eigenvalue weighted by Crippen LogP contribution is 2.31. The van der Waals surface area contributed by atoms with Crippen molar-refractivity contribution >= 4 is 5.91 Å². The number of hydrogen-bond donors (Lipinski definition) is 0. The molecule has 0 N–H and O–H groups in total. The SMILES string of the molecule is CN(CCOc1ccccc1F)C(=O)c1cn(C)nc1C(F)(F)F. The van der Waals surface area contributed by atoms with Gasteiger partial charge in [-0.1, -0.05) is 12.1 Å². The maximum atomic E-state index is 13.4. The molecule has 5 nitrogen and oxygen atoms in total. The lowest BCUT2D eigenvalue weighted by atomic mass is 10.2. The monoisotopic (exact) mass is 345 g/mol. The Morgan fingerprint density at radius 2 is 2.00 bits per heavy atom. The number of aryl methyl sites for hydroxylation is 1. The van der Waals surface area contributed by atoms with E-state index in [-0.39, 0.29) is 18.9 Å². The minimum Gasteiger partial charge on any atom is -0.489 e. The van der Waals surface area contributed by atoms with Gasteiger partial charge in [-0.25, -0.2) is 4.39 Å². The average Bonchev–Trinajstić information content (AvgIpc) is 2.90. The van der Waals surface area contributed by atoms with E-state index in [2.05, 4.69) is 5.10 Å². The minimum atomic E-state index is -4.73. The number of aromatic nitrogens is 2. The van der Waals surface area contributed by atoms with E-state index in [4.69, 9.17) is 4.74 Å². The highest BCUT2D eigenvalue weighted by atomic mass is 19.4. The molecular formula is C15H15F4N3O2. The van der Waals surface area contributed by atoms with Crippen LogP contribution in [0.5, 0.6) is 5.75 Å². The standard InChI is InChI=1S/C15H15F4N3O2/c1-21(7-8-24-12-6-4-3-5-11(12)16)14(23)10-9-22(2)20-13(10)15(17,18)19/h3-6,9H,7-8H2,1-2H3. The quantitative estimate of drug-likeness (QED) is 0.783. The maximum Gasteiger partial charge on any atom is 0.435 e. The summed E-state index contributed by atoms with van der Waals surface area (Å²) in [4.78, 5) is 13.2. The van der Waals surface area contributed by atoms with Crippen LogP contribution in [0, 0.1) is 5.82 Å². The van der Waals surface area contributed by atoms with Crippen molar-refractivity contribution in [3.8, 4) is 5.75 Å². The van der Waals surface area contributed by atoms with Crippen LogP contribution >= 0.6 is 0 Å². The van der Waals surface area contributed by atoms with E-state index in [0.717, 1.165) is 15.8 Å². The molecule has 0 aliphatic heterocycles. The van der Waals surface area contributed by atoms with E-state index in [1.807, 2.05) is 0 Å². The van der Waals surface area contributed by atoms with Crippen LogP contribution in [-0.4, -0.2) is 40.8 Å². The number of ether oxygens (including phenoxy) is 1. The lowest BCUT2D eigenvalue weighted by Crippen LogP contribution is -2.32. The van der Waals surface area contributed by atoms with E-state index in [1.54, 1.807) is 6.07 Å². The van der Waals surface area contributed by atoms with Gasteiger partial charge in [-0.2, -0.15) is 18.3 Å². The van der Waals surface area contributed by atoms with E-state index in [0.29, 0.717) is 0 Å². The molecule has 1 amide bonds. The van der Waals surface area contributed by atoms with Crippen molar-refractivity contribution in [2.45, 2.75) is 6.18 Å². The Balaban J connectivity index is 2.02. The molecule has 130 valence electrons. The van der Waals surface area contributed by atoms with Crippen molar-refractivity contribution in [1.82, 2.24) is 14.7 Å². The summed E-state index contributed by atoms with van der Waals surface area (Å²) in [6, 6.07) is 5.72. The molecule has 0 radical (unpaired) electrons. The Morgan fingerprint density at radius 1 is 1.33 bits per heavy atom. The largest absolute Gasteiger partial charge is 0.489 e. The normalized spacial score (nSPS) is 11.4. The molecule has 0 saturated heterocycles.